The van der Waals surface area contributed by atoms with Gasteiger partial charge in [-0.05, 0) is 113 Å². The lowest BCUT2D eigenvalue weighted by molar-refractivity contribution is 0.0934. The number of carbonyl (C=O) groups is 1. The number of sulfonamides is 1. The fourth-order valence-corrected chi connectivity index (χ4v) is 10.5. The van der Waals surface area contributed by atoms with E-state index in [-0.39, 0.29) is 20.8 Å². The average molecular weight is 655 g/mol. The summed E-state index contributed by atoms with van der Waals surface area (Å²) in [7, 11) is 1.89. The van der Waals surface area contributed by atoms with Gasteiger partial charge >= 0.3 is 0 Å². The Morgan fingerprint density at radius 1 is 1.05 bits per heavy atom. The number of benzene rings is 1. The van der Waals surface area contributed by atoms with E-state index < -0.39 is 10.0 Å². The molecule has 0 aliphatic heterocycles. The molecule has 1 N–H and O–H groups in total. The molecule has 0 saturated heterocycles. The standard InChI is InChI=1S/C30H37Cl2N3O3S3/c1-34(2)28(26-9-6-16-39-26)20-12-10-19(11-13-20)18-33-29(36)27-22-7-4-5-8-25(22)40-30(27)35(3)41(37,38)21-14-15-23(31)24(32)17-21/h6,9,14-17,19-20,28H,4-5,7-8,10-13,18H2,1-3H3,(H,33,36). The summed E-state index contributed by atoms with van der Waals surface area (Å²) in [4.78, 5) is 18.7. The molecule has 2 aliphatic rings. The molecule has 1 atom stereocenters. The van der Waals surface area contributed by atoms with E-state index in [1.807, 2.05) is 11.3 Å². The fourth-order valence-electron chi connectivity index (χ4n) is 6.31. The van der Waals surface area contributed by atoms with E-state index in [9.17, 15) is 13.2 Å². The number of hydrogen-bond donors (Lipinski definition) is 1. The van der Waals surface area contributed by atoms with Gasteiger partial charge in [0.25, 0.3) is 15.9 Å². The lowest BCUT2D eigenvalue weighted by Crippen LogP contribution is -2.35. The first-order chi connectivity index (χ1) is 19.6. The number of carbonyl (C=O) groups excluding carboxylic acids is 1. The Balaban J connectivity index is 1.30. The number of nitrogens with one attached hydrogen (secondary N) is 1. The van der Waals surface area contributed by atoms with Gasteiger partial charge in [0.1, 0.15) is 5.00 Å². The number of fused-ring (bicyclic) bond motifs is 1. The van der Waals surface area contributed by atoms with Crippen molar-refractivity contribution in [2.75, 3.05) is 32.0 Å². The van der Waals surface area contributed by atoms with Gasteiger partial charge in [-0.1, -0.05) is 29.3 Å². The average Bonchev–Trinajstić information content (AvgIpc) is 3.62. The molecule has 0 bridgehead atoms. The Morgan fingerprint density at radius 2 is 1.78 bits per heavy atom. The lowest BCUT2D eigenvalue weighted by Gasteiger charge is -2.37. The molecule has 5 rings (SSSR count). The quantitative estimate of drug-likeness (QED) is 0.257. The van der Waals surface area contributed by atoms with Crippen molar-refractivity contribution in [3.8, 4) is 0 Å². The largest absolute Gasteiger partial charge is 0.352 e. The third-order valence-corrected chi connectivity index (χ3v) is 13.4. The molecule has 1 amide bonds. The smallest absolute Gasteiger partial charge is 0.264 e. The summed E-state index contributed by atoms with van der Waals surface area (Å²) in [5, 5.41) is 6.28. The van der Waals surface area contributed by atoms with Crippen molar-refractivity contribution in [2.45, 2.75) is 62.3 Å². The third kappa shape index (κ3) is 6.50. The van der Waals surface area contributed by atoms with Gasteiger partial charge in [0.15, 0.2) is 0 Å². The van der Waals surface area contributed by atoms with Crippen molar-refractivity contribution in [3.63, 3.8) is 0 Å². The summed E-state index contributed by atoms with van der Waals surface area (Å²) in [6, 6.07) is 9.08. The van der Waals surface area contributed by atoms with Gasteiger partial charge in [0.2, 0.25) is 0 Å². The first-order valence-electron chi connectivity index (χ1n) is 14.1. The van der Waals surface area contributed by atoms with E-state index in [0.717, 1.165) is 61.8 Å². The first-order valence-corrected chi connectivity index (χ1v) is 18.0. The molecule has 1 saturated carbocycles. The number of hydrogen-bond acceptors (Lipinski definition) is 6. The predicted octanol–water partition coefficient (Wildman–Crippen LogP) is 7.66. The molecule has 0 spiro atoms. The van der Waals surface area contributed by atoms with Crippen molar-refractivity contribution < 1.29 is 13.2 Å². The molecule has 1 unspecified atom stereocenters. The van der Waals surface area contributed by atoms with Crippen LogP contribution in [-0.4, -0.2) is 46.9 Å². The molecule has 2 heterocycles. The normalized spacial score (nSPS) is 20.0. The molecule has 1 aromatic carbocycles. The highest BCUT2D eigenvalue weighted by Crippen LogP contribution is 2.43. The van der Waals surface area contributed by atoms with E-state index in [2.05, 4.69) is 41.8 Å². The predicted molar refractivity (Wildman–Crippen MR) is 172 cm³/mol. The molecule has 11 heteroatoms. The maximum absolute atomic E-state index is 13.8. The molecule has 3 aromatic rings. The number of thiophene rings is 2. The number of anilines is 1. The number of nitrogens with zero attached hydrogens (tertiary/aromatic N) is 2. The zero-order chi connectivity index (χ0) is 29.3. The zero-order valence-electron chi connectivity index (χ0n) is 23.7. The minimum absolute atomic E-state index is 0.0440. The van der Waals surface area contributed by atoms with Gasteiger partial charge in [-0.15, -0.1) is 22.7 Å². The van der Waals surface area contributed by atoms with Crippen molar-refractivity contribution in [1.82, 2.24) is 10.2 Å². The second kappa shape index (κ2) is 12.9. The van der Waals surface area contributed by atoms with Crippen molar-refractivity contribution in [1.29, 1.82) is 0 Å². The van der Waals surface area contributed by atoms with Crippen molar-refractivity contribution >= 4 is 66.8 Å². The van der Waals surface area contributed by atoms with Crippen molar-refractivity contribution in [3.05, 3.63) is 66.6 Å². The van der Waals surface area contributed by atoms with Crippen LogP contribution in [0.4, 0.5) is 5.00 Å². The molecule has 2 aliphatic carbocycles. The summed E-state index contributed by atoms with van der Waals surface area (Å²) in [5.74, 6) is 0.839. The SMILES string of the molecule is CN(C)C(c1cccs1)C1CCC(CNC(=O)c2c(N(C)S(=O)(=O)c3ccc(Cl)c(Cl)c3)sc3c2CCCC3)CC1. The van der Waals surface area contributed by atoms with Crippen LogP contribution in [0.25, 0.3) is 0 Å². The monoisotopic (exact) mass is 653 g/mol. The minimum Gasteiger partial charge on any atom is -0.352 e. The number of halogens is 2. The van der Waals surface area contributed by atoms with Crippen LogP contribution in [0.5, 0.6) is 0 Å². The van der Waals surface area contributed by atoms with Crippen LogP contribution in [0, 0.1) is 11.8 Å². The topological polar surface area (TPSA) is 69.7 Å². The molecule has 6 nitrogen and oxygen atoms in total. The Bertz CT molecular complexity index is 1480. The molecule has 0 radical (unpaired) electrons. The van der Waals surface area contributed by atoms with E-state index in [4.69, 9.17) is 23.2 Å². The van der Waals surface area contributed by atoms with Gasteiger partial charge in [-0.2, -0.15) is 0 Å². The van der Waals surface area contributed by atoms with E-state index >= 15 is 0 Å². The number of rotatable bonds is 9. The van der Waals surface area contributed by atoms with Crippen LogP contribution >= 0.6 is 45.9 Å². The Kier molecular flexibility index (Phi) is 9.73. The van der Waals surface area contributed by atoms with Gasteiger partial charge in [0.05, 0.1) is 20.5 Å². The highest BCUT2D eigenvalue weighted by atomic mass is 35.5. The van der Waals surface area contributed by atoms with E-state index in [0.29, 0.717) is 35.0 Å². The maximum atomic E-state index is 13.8. The van der Waals surface area contributed by atoms with Crippen LogP contribution in [0.1, 0.15) is 70.2 Å². The summed E-state index contributed by atoms with van der Waals surface area (Å²) < 4.78 is 28.4. The highest BCUT2D eigenvalue weighted by molar-refractivity contribution is 7.93. The fraction of sp³-hybridized carbons (Fsp3) is 0.500. The molecule has 1 fully saturated rings. The summed E-state index contributed by atoms with van der Waals surface area (Å²) >= 11 is 15.4. The summed E-state index contributed by atoms with van der Waals surface area (Å²) in [5.41, 5.74) is 1.51. The molecular formula is C30H37Cl2N3O3S3. The number of aryl methyl sites for hydroxylation is 1. The minimum atomic E-state index is -3.94. The van der Waals surface area contributed by atoms with E-state index in [1.165, 1.54) is 45.8 Å². The van der Waals surface area contributed by atoms with Crippen molar-refractivity contribution in [2.24, 2.45) is 11.8 Å². The van der Waals surface area contributed by atoms with Crippen LogP contribution in [0.3, 0.4) is 0 Å². The van der Waals surface area contributed by atoms with Crippen LogP contribution in [0.2, 0.25) is 10.0 Å². The molecular weight excluding hydrogens is 617 g/mol. The first kappa shape index (κ1) is 30.8. The maximum Gasteiger partial charge on any atom is 0.264 e. The van der Waals surface area contributed by atoms with Gasteiger partial charge < -0.3 is 10.2 Å². The second-order valence-corrected chi connectivity index (χ2v) is 16.2. The molecule has 2 aromatic heterocycles. The van der Waals surface area contributed by atoms with Crippen LogP contribution < -0.4 is 9.62 Å². The van der Waals surface area contributed by atoms with Gasteiger partial charge in [0, 0.05) is 29.4 Å². The molecule has 41 heavy (non-hydrogen) atoms. The Morgan fingerprint density at radius 3 is 2.44 bits per heavy atom. The highest BCUT2D eigenvalue weighted by Gasteiger charge is 2.34. The zero-order valence-corrected chi connectivity index (χ0v) is 27.6. The Labute approximate surface area is 261 Å². The third-order valence-electron chi connectivity index (χ3n) is 8.50. The van der Waals surface area contributed by atoms with Crippen LogP contribution in [0.15, 0.2) is 40.6 Å². The van der Waals surface area contributed by atoms with Gasteiger partial charge in [-0.3, -0.25) is 9.10 Å². The summed E-state index contributed by atoms with van der Waals surface area (Å²) in [6.45, 7) is 0.602. The van der Waals surface area contributed by atoms with E-state index in [1.54, 1.807) is 0 Å². The Hall–Kier alpha value is -1.62. The summed E-state index contributed by atoms with van der Waals surface area (Å²) in [6.07, 6.45) is 8.09. The van der Waals surface area contributed by atoms with Gasteiger partial charge in [-0.25, -0.2) is 8.42 Å². The number of amides is 1. The molecule has 222 valence electrons. The van der Waals surface area contributed by atoms with Crippen LogP contribution in [-0.2, 0) is 22.9 Å². The lowest BCUT2D eigenvalue weighted by atomic mass is 9.77. The second-order valence-electron chi connectivity index (χ2n) is 11.4.